The smallest absolute Gasteiger partial charge is 0.407 e. The zero-order chi connectivity index (χ0) is 22.4. The maximum absolute atomic E-state index is 12.2. The lowest BCUT2D eigenvalue weighted by molar-refractivity contribution is -0.137. The van der Waals surface area contributed by atoms with Crippen LogP contribution in [0.3, 0.4) is 0 Å². The number of amides is 2. The summed E-state index contributed by atoms with van der Waals surface area (Å²) in [5, 5.41) is 14.1. The lowest BCUT2D eigenvalue weighted by atomic mass is 9.98. The predicted octanol–water partition coefficient (Wildman–Crippen LogP) is 3.53. The number of carbonyl (C=O) groups is 3. The van der Waals surface area contributed by atoms with Crippen LogP contribution in [0.2, 0.25) is 0 Å². The minimum Gasteiger partial charge on any atom is -0.481 e. The average molecular weight is 424 g/mol. The molecule has 2 aromatic carbocycles. The molecule has 2 atom stereocenters. The molecule has 0 saturated heterocycles. The van der Waals surface area contributed by atoms with Gasteiger partial charge in [0.05, 0.1) is 6.42 Å². The average Bonchev–Trinajstić information content (AvgIpc) is 3.04. The standard InChI is InChI=1S/C24H28N2O5/c1-15(11-22(27)26-16(2)12-23(28)29)13-25-24(30)31-14-21-19-9-5-3-7-17(19)18-8-4-6-10-20(18)21/h3-10,15-16,21H,11-14H2,1-2H3,(H,25,30)(H,26,27)(H,28,29)/t15?,16-/m1/s1. The minimum atomic E-state index is -0.960. The molecule has 2 amide bonds. The number of rotatable bonds is 9. The van der Waals surface area contributed by atoms with Gasteiger partial charge in [-0.05, 0) is 35.1 Å². The molecule has 3 N–H and O–H groups in total. The number of hydrogen-bond acceptors (Lipinski definition) is 4. The van der Waals surface area contributed by atoms with Gasteiger partial charge in [0, 0.05) is 24.9 Å². The van der Waals surface area contributed by atoms with Gasteiger partial charge >= 0.3 is 12.1 Å². The molecule has 1 unspecified atom stereocenters. The molecule has 1 aliphatic carbocycles. The largest absolute Gasteiger partial charge is 0.481 e. The van der Waals surface area contributed by atoms with Gasteiger partial charge in [-0.25, -0.2) is 4.79 Å². The maximum atomic E-state index is 12.2. The Morgan fingerprint density at radius 3 is 2.13 bits per heavy atom. The zero-order valence-electron chi connectivity index (χ0n) is 17.8. The normalized spacial score (nSPS) is 14.1. The van der Waals surface area contributed by atoms with Crippen LogP contribution in [0.5, 0.6) is 0 Å². The van der Waals surface area contributed by atoms with E-state index in [1.54, 1.807) is 6.92 Å². The van der Waals surface area contributed by atoms with Crippen LogP contribution in [0.15, 0.2) is 48.5 Å². The SMILES string of the molecule is CC(CNC(=O)OCC1c2ccccc2-c2ccccc21)CC(=O)N[C@H](C)CC(=O)O. The fourth-order valence-corrected chi connectivity index (χ4v) is 3.94. The fourth-order valence-electron chi connectivity index (χ4n) is 3.94. The highest BCUT2D eigenvalue weighted by Gasteiger charge is 2.29. The second-order valence-corrected chi connectivity index (χ2v) is 8.08. The van der Waals surface area contributed by atoms with Gasteiger partial charge in [-0.3, -0.25) is 9.59 Å². The molecule has 164 valence electrons. The van der Waals surface area contributed by atoms with Crippen molar-refractivity contribution in [1.82, 2.24) is 10.6 Å². The Balaban J connectivity index is 1.46. The number of nitrogens with one attached hydrogen (secondary N) is 2. The van der Waals surface area contributed by atoms with Crippen LogP contribution in [0.4, 0.5) is 4.79 Å². The molecule has 0 saturated carbocycles. The Kier molecular flexibility index (Phi) is 7.28. The van der Waals surface area contributed by atoms with Gasteiger partial charge < -0.3 is 20.5 Å². The van der Waals surface area contributed by atoms with Crippen LogP contribution in [-0.4, -0.2) is 42.3 Å². The summed E-state index contributed by atoms with van der Waals surface area (Å²) in [6.45, 7) is 4.01. The second-order valence-electron chi connectivity index (χ2n) is 8.08. The summed E-state index contributed by atoms with van der Waals surface area (Å²) in [6, 6.07) is 15.8. The van der Waals surface area contributed by atoms with Gasteiger partial charge in [0.1, 0.15) is 6.61 Å². The number of benzene rings is 2. The number of aliphatic carboxylic acids is 1. The van der Waals surface area contributed by atoms with Crippen LogP contribution in [0.25, 0.3) is 11.1 Å². The predicted molar refractivity (Wildman–Crippen MR) is 117 cm³/mol. The number of carboxylic acids is 1. The van der Waals surface area contributed by atoms with Crippen LogP contribution in [0.1, 0.15) is 43.7 Å². The molecule has 7 nitrogen and oxygen atoms in total. The van der Waals surface area contributed by atoms with E-state index < -0.39 is 18.1 Å². The molecule has 0 radical (unpaired) electrons. The van der Waals surface area contributed by atoms with Crippen molar-refractivity contribution in [2.24, 2.45) is 5.92 Å². The highest BCUT2D eigenvalue weighted by Crippen LogP contribution is 2.44. The summed E-state index contributed by atoms with van der Waals surface area (Å²) in [5.74, 6) is -1.32. The van der Waals surface area contributed by atoms with E-state index in [1.165, 1.54) is 11.1 Å². The Morgan fingerprint density at radius 2 is 1.55 bits per heavy atom. The summed E-state index contributed by atoms with van der Waals surface area (Å²) in [6.07, 6.45) is -0.459. The van der Waals surface area contributed by atoms with Gasteiger partial charge in [-0.15, -0.1) is 0 Å². The molecule has 3 rings (SSSR count). The molecule has 0 aromatic heterocycles. The summed E-state index contributed by atoms with van der Waals surface area (Å²) in [5.41, 5.74) is 4.64. The number of carbonyl (C=O) groups excluding carboxylic acids is 2. The van der Waals surface area contributed by atoms with Crippen LogP contribution in [0, 0.1) is 5.92 Å². The van der Waals surface area contributed by atoms with E-state index in [2.05, 4.69) is 34.9 Å². The molecule has 2 aromatic rings. The van der Waals surface area contributed by atoms with Crippen LogP contribution >= 0.6 is 0 Å². The molecule has 0 bridgehead atoms. The summed E-state index contributed by atoms with van der Waals surface area (Å²) in [7, 11) is 0. The van der Waals surface area contributed by atoms with E-state index >= 15 is 0 Å². The number of ether oxygens (including phenoxy) is 1. The molecule has 0 heterocycles. The van der Waals surface area contributed by atoms with Crippen molar-refractivity contribution in [1.29, 1.82) is 0 Å². The monoisotopic (exact) mass is 424 g/mol. The van der Waals surface area contributed by atoms with Crippen molar-refractivity contribution in [2.75, 3.05) is 13.2 Å². The first kappa shape index (κ1) is 22.3. The van der Waals surface area contributed by atoms with E-state index in [9.17, 15) is 14.4 Å². The fraction of sp³-hybridized carbons (Fsp3) is 0.375. The lowest BCUT2D eigenvalue weighted by Gasteiger charge is -2.17. The molecule has 0 aliphatic heterocycles. The quantitative estimate of drug-likeness (QED) is 0.571. The van der Waals surface area contributed by atoms with E-state index in [4.69, 9.17) is 9.84 Å². The van der Waals surface area contributed by atoms with Gasteiger partial charge in [-0.2, -0.15) is 0 Å². The van der Waals surface area contributed by atoms with E-state index in [1.807, 2.05) is 31.2 Å². The molecular weight excluding hydrogens is 396 g/mol. The van der Waals surface area contributed by atoms with Gasteiger partial charge in [0.15, 0.2) is 0 Å². The minimum absolute atomic E-state index is 0.00271. The molecule has 0 spiro atoms. The number of fused-ring (bicyclic) bond motifs is 3. The van der Waals surface area contributed by atoms with Crippen molar-refractivity contribution >= 4 is 18.0 Å². The molecule has 31 heavy (non-hydrogen) atoms. The Labute approximate surface area is 181 Å². The van der Waals surface area contributed by atoms with E-state index in [0.717, 1.165) is 11.1 Å². The number of alkyl carbamates (subject to hydrolysis) is 1. The lowest BCUT2D eigenvalue weighted by Crippen LogP contribution is -2.37. The van der Waals surface area contributed by atoms with Crippen molar-refractivity contribution in [3.05, 3.63) is 59.7 Å². The Morgan fingerprint density at radius 1 is 0.968 bits per heavy atom. The summed E-state index contributed by atoms with van der Waals surface area (Å²) < 4.78 is 5.49. The number of carboxylic acid groups (broad SMARTS) is 1. The number of hydrogen-bond donors (Lipinski definition) is 3. The highest BCUT2D eigenvalue weighted by atomic mass is 16.5. The second kappa shape index (κ2) is 10.1. The van der Waals surface area contributed by atoms with Crippen molar-refractivity contribution < 1.29 is 24.2 Å². The molecule has 7 heteroatoms. The van der Waals surface area contributed by atoms with Crippen LogP contribution < -0.4 is 10.6 Å². The third kappa shape index (κ3) is 5.84. The van der Waals surface area contributed by atoms with Gasteiger partial charge in [0.2, 0.25) is 5.91 Å². The highest BCUT2D eigenvalue weighted by molar-refractivity contribution is 5.79. The van der Waals surface area contributed by atoms with Gasteiger partial charge in [0.25, 0.3) is 0 Å². The molecular formula is C24H28N2O5. The first-order valence-corrected chi connectivity index (χ1v) is 10.4. The van der Waals surface area contributed by atoms with Crippen LogP contribution in [-0.2, 0) is 14.3 Å². The van der Waals surface area contributed by atoms with Crippen molar-refractivity contribution in [3.8, 4) is 11.1 Å². The molecule has 0 fully saturated rings. The summed E-state index contributed by atoms with van der Waals surface area (Å²) >= 11 is 0. The maximum Gasteiger partial charge on any atom is 0.407 e. The first-order valence-electron chi connectivity index (χ1n) is 10.4. The van der Waals surface area contributed by atoms with E-state index in [0.29, 0.717) is 0 Å². The Hall–Kier alpha value is -3.35. The third-order valence-electron chi connectivity index (χ3n) is 5.36. The van der Waals surface area contributed by atoms with Crippen molar-refractivity contribution in [2.45, 2.75) is 38.6 Å². The molecule has 1 aliphatic rings. The van der Waals surface area contributed by atoms with Crippen molar-refractivity contribution in [3.63, 3.8) is 0 Å². The third-order valence-corrected chi connectivity index (χ3v) is 5.36. The topological polar surface area (TPSA) is 105 Å². The summed E-state index contributed by atoms with van der Waals surface area (Å²) in [4.78, 5) is 34.9. The Bertz CT molecular complexity index is 913. The van der Waals surface area contributed by atoms with E-state index in [-0.39, 0.29) is 43.7 Å². The zero-order valence-corrected chi connectivity index (χ0v) is 17.8. The first-order chi connectivity index (χ1) is 14.8. The van der Waals surface area contributed by atoms with Gasteiger partial charge in [-0.1, -0.05) is 55.5 Å².